The van der Waals surface area contributed by atoms with Gasteiger partial charge in [0.2, 0.25) is 5.43 Å². The summed E-state index contributed by atoms with van der Waals surface area (Å²) in [7, 11) is 0. The van der Waals surface area contributed by atoms with E-state index in [0.717, 1.165) is 6.07 Å². The van der Waals surface area contributed by atoms with E-state index in [1.165, 1.54) is 6.20 Å². The number of carbonyl (C=O) groups is 1. The van der Waals surface area contributed by atoms with Crippen molar-refractivity contribution in [2.24, 2.45) is 0 Å². The molecule has 0 spiro atoms. The van der Waals surface area contributed by atoms with Gasteiger partial charge in [-0.2, -0.15) is 13.2 Å². The van der Waals surface area contributed by atoms with E-state index < -0.39 is 29.1 Å². The van der Waals surface area contributed by atoms with Crippen molar-refractivity contribution in [3.05, 3.63) is 39.4 Å². The van der Waals surface area contributed by atoms with Gasteiger partial charge in [0.25, 0.3) is 0 Å². The number of hydrogen-bond acceptors (Lipinski definition) is 4. The molecule has 6 nitrogen and oxygen atoms in total. The van der Waals surface area contributed by atoms with E-state index in [1.54, 1.807) is 9.47 Å². The summed E-state index contributed by atoms with van der Waals surface area (Å²) in [6, 6.07) is 0.928. The van der Waals surface area contributed by atoms with Crippen LogP contribution in [0.4, 0.5) is 23.2 Å². The molecule has 2 aliphatic rings. The molecule has 2 aromatic rings. The minimum Gasteiger partial charge on any atom is -0.477 e. The van der Waals surface area contributed by atoms with E-state index in [1.807, 2.05) is 6.92 Å². The second kappa shape index (κ2) is 6.72. The summed E-state index contributed by atoms with van der Waals surface area (Å²) in [6.07, 6.45) is -2.09. The molecule has 1 fully saturated rings. The van der Waals surface area contributed by atoms with E-state index in [2.05, 4.69) is 0 Å². The first-order valence-corrected chi connectivity index (χ1v) is 9.30. The molecular formula is C19H19F4N3O3. The van der Waals surface area contributed by atoms with Gasteiger partial charge in [-0.25, -0.2) is 14.1 Å². The highest BCUT2D eigenvalue weighted by molar-refractivity contribution is 5.95. The number of carboxylic acids is 1. The van der Waals surface area contributed by atoms with E-state index in [4.69, 9.17) is 0 Å². The number of nitrogens with zero attached hydrogens (tertiary/aromatic N) is 3. The molecular weight excluding hydrogens is 394 g/mol. The molecule has 4 rings (SSSR count). The Morgan fingerprint density at radius 2 is 1.86 bits per heavy atom. The van der Waals surface area contributed by atoms with Crippen LogP contribution >= 0.6 is 0 Å². The Labute approximate surface area is 162 Å². The summed E-state index contributed by atoms with van der Waals surface area (Å²) >= 11 is 0. The zero-order chi connectivity index (χ0) is 21.1. The lowest BCUT2D eigenvalue weighted by Gasteiger charge is -2.39. The molecule has 1 aromatic carbocycles. The van der Waals surface area contributed by atoms with Crippen LogP contribution in [0, 0.1) is 5.82 Å². The second-order valence-corrected chi connectivity index (χ2v) is 7.50. The van der Waals surface area contributed by atoms with E-state index in [9.17, 15) is 27.9 Å². The zero-order valence-electron chi connectivity index (χ0n) is 15.6. The predicted octanol–water partition coefficient (Wildman–Crippen LogP) is 2.99. The van der Waals surface area contributed by atoms with Gasteiger partial charge in [-0.1, -0.05) is 0 Å². The van der Waals surface area contributed by atoms with Gasteiger partial charge in [-0.15, -0.1) is 0 Å². The maximum Gasteiger partial charge on any atom is 0.460 e. The van der Waals surface area contributed by atoms with Crippen LogP contribution in [0.15, 0.2) is 17.1 Å². The summed E-state index contributed by atoms with van der Waals surface area (Å²) < 4.78 is 55.5. The number of aromatic carboxylic acids is 1. The summed E-state index contributed by atoms with van der Waals surface area (Å²) in [5.74, 6) is -2.10. The number of halogens is 4. The minimum atomic E-state index is -4.43. The average Bonchev–Trinajstić information content (AvgIpc) is 2.65. The van der Waals surface area contributed by atoms with Crippen molar-refractivity contribution in [3.63, 3.8) is 0 Å². The number of anilines is 1. The molecule has 156 valence electrons. The van der Waals surface area contributed by atoms with Gasteiger partial charge in [-0.3, -0.25) is 4.79 Å². The van der Waals surface area contributed by atoms with Crippen molar-refractivity contribution < 1.29 is 27.5 Å². The molecule has 0 aliphatic carbocycles. The minimum absolute atomic E-state index is 0.00192. The molecule has 1 unspecified atom stereocenters. The molecule has 10 heteroatoms. The third kappa shape index (κ3) is 3.15. The third-order valence-corrected chi connectivity index (χ3v) is 5.81. The number of carboxylic acid groups (broad SMARTS) is 1. The lowest BCUT2D eigenvalue weighted by Crippen LogP contribution is -2.52. The van der Waals surface area contributed by atoms with Crippen LogP contribution in [0.2, 0.25) is 0 Å². The van der Waals surface area contributed by atoms with Crippen molar-refractivity contribution in [1.82, 2.24) is 9.47 Å². The van der Waals surface area contributed by atoms with Crippen LogP contribution in [0.25, 0.3) is 10.9 Å². The first-order chi connectivity index (χ1) is 13.6. The molecule has 0 saturated carbocycles. The molecule has 3 heterocycles. The van der Waals surface area contributed by atoms with Gasteiger partial charge < -0.3 is 14.6 Å². The standard InChI is InChI=1S/C19H19F4N3O3/c1-10-2-3-11-15-12(17(27)13(18(28)29)9-26(10)15)8-14(20)16(11)24-4-6-25(7-5-24)19(21,22)23/h8-10H,2-7H2,1H3,(H,28,29). The molecule has 2 aliphatic heterocycles. The maximum absolute atomic E-state index is 15.1. The molecule has 29 heavy (non-hydrogen) atoms. The number of aryl methyl sites for hydroxylation is 1. The first kappa shape index (κ1) is 19.7. The summed E-state index contributed by atoms with van der Waals surface area (Å²) in [5.41, 5.74) is 0.0398. The predicted molar refractivity (Wildman–Crippen MR) is 98.0 cm³/mol. The number of aromatic nitrogens is 1. The van der Waals surface area contributed by atoms with Crippen LogP contribution in [0.3, 0.4) is 0 Å². The second-order valence-electron chi connectivity index (χ2n) is 7.50. The Balaban J connectivity index is 1.86. The number of piperazine rings is 1. The molecule has 1 aromatic heterocycles. The number of alkyl halides is 3. The molecule has 0 bridgehead atoms. The van der Waals surface area contributed by atoms with Crippen LogP contribution in [0.1, 0.15) is 35.3 Å². The molecule has 0 amide bonds. The fraction of sp³-hybridized carbons (Fsp3) is 0.474. The molecule has 1 atom stereocenters. The smallest absolute Gasteiger partial charge is 0.460 e. The Morgan fingerprint density at radius 1 is 1.21 bits per heavy atom. The van der Waals surface area contributed by atoms with E-state index in [-0.39, 0.29) is 43.3 Å². The van der Waals surface area contributed by atoms with Crippen LogP contribution in [-0.2, 0) is 6.42 Å². The van der Waals surface area contributed by atoms with Crippen LogP contribution < -0.4 is 10.3 Å². The Morgan fingerprint density at radius 3 is 2.45 bits per heavy atom. The molecule has 1 saturated heterocycles. The normalized spacial score (nSPS) is 20.3. The van der Waals surface area contributed by atoms with Crippen molar-refractivity contribution in [2.45, 2.75) is 32.1 Å². The highest BCUT2D eigenvalue weighted by Crippen LogP contribution is 2.38. The average molecular weight is 413 g/mol. The fourth-order valence-corrected chi connectivity index (χ4v) is 4.31. The van der Waals surface area contributed by atoms with Gasteiger partial charge in [0.1, 0.15) is 11.4 Å². The number of hydrogen-bond donors (Lipinski definition) is 1. The number of pyridine rings is 1. The lowest BCUT2D eigenvalue weighted by molar-refractivity contribution is -0.246. The lowest BCUT2D eigenvalue weighted by atomic mass is 9.93. The maximum atomic E-state index is 15.1. The van der Waals surface area contributed by atoms with Gasteiger partial charge >= 0.3 is 12.3 Å². The van der Waals surface area contributed by atoms with Crippen LogP contribution in [-0.4, -0.2) is 53.0 Å². The molecule has 0 radical (unpaired) electrons. The van der Waals surface area contributed by atoms with Gasteiger partial charge in [0.05, 0.1) is 11.2 Å². The van der Waals surface area contributed by atoms with Crippen molar-refractivity contribution >= 4 is 22.6 Å². The van der Waals surface area contributed by atoms with Crippen molar-refractivity contribution in [2.75, 3.05) is 31.1 Å². The highest BCUT2D eigenvalue weighted by atomic mass is 19.4. The van der Waals surface area contributed by atoms with Gasteiger partial charge in [0.15, 0.2) is 0 Å². The quantitative estimate of drug-likeness (QED) is 0.606. The summed E-state index contributed by atoms with van der Waals surface area (Å²) in [5, 5.41) is 9.31. The Hall–Kier alpha value is -2.62. The number of benzene rings is 1. The van der Waals surface area contributed by atoms with Gasteiger partial charge in [-0.05, 0) is 25.8 Å². The summed E-state index contributed by atoms with van der Waals surface area (Å²) in [4.78, 5) is 26.0. The third-order valence-electron chi connectivity index (χ3n) is 5.81. The highest BCUT2D eigenvalue weighted by Gasteiger charge is 2.39. The largest absolute Gasteiger partial charge is 0.477 e. The van der Waals surface area contributed by atoms with E-state index in [0.29, 0.717) is 28.8 Å². The van der Waals surface area contributed by atoms with Crippen LogP contribution in [0.5, 0.6) is 0 Å². The monoisotopic (exact) mass is 413 g/mol. The van der Waals surface area contributed by atoms with Crippen molar-refractivity contribution in [1.29, 1.82) is 0 Å². The number of rotatable bonds is 2. The zero-order valence-corrected chi connectivity index (χ0v) is 15.6. The Bertz CT molecular complexity index is 1060. The topological polar surface area (TPSA) is 65.8 Å². The Kier molecular flexibility index (Phi) is 4.56. The first-order valence-electron chi connectivity index (χ1n) is 9.30. The molecule has 1 N–H and O–H groups in total. The SMILES string of the molecule is CC1CCc2c(N3CCN(C(F)(F)F)CC3)c(F)cc3c(=O)c(C(=O)O)cn1c23. The van der Waals surface area contributed by atoms with Gasteiger partial charge in [0, 0.05) is 49.4 Å². The summed E-state index contributed by atoms with van der Waals surface area (Å²) in [6.45, 7) is 1.33. The van der Waals surface area contributed by atoms with E-state index >= 15 is 4.39 Å². The van der Waals surface area contributed by atoms with Crippen molar-refractivity contribution in [3.8, 4) is 0 Å². The fourth-order valence-electron chi connectivity index (χ4n) is 4.31.